The third-order valence-electron chi connectivity index (χ3n) is 1.46. The largest absolute Gasteiger partial charge is 0.475 e. The molecule has 0 fully saturated rings. The van der Waals surface area contributed by atoms with Crippen molar-refractivity contribution in [1.29, 1.82) is 0 Å². The van der Waals surface area contributed by atoms with Gasteiger partial charge in [-0.15, -0.1) is 0 Å². The van der Waals surface area contributed by atoms with Gasteiger partial charge in [0.25, 0.3) is 0 Å². The summed E-state index contributed by atoms with van der Waals surface area (Å²) in [5.41, 5.74) is 1.98. The van der Waals surface area contributed by atoms with Crippen LogP contribution in [0.25, 0.3) is 0 Å². The molecule has 0 spiro atoms. The average molecular weight is 168 g/mol. The fourth-order valence-electron chi connectivity index (χ4n) is 0.814. The highest BCUT2D eigenvalue weighted by Gasteiger charge is 2.03. The van der Waals surface area contributed by atoms with Gasteiger partial charge in [-0.3, -0.25) is 0 Å². The van der Waals surface area contributed by atoms with Crippen LogP contribution in [0.15, 0.2) is 24.3 Å². The van der Waals surface area contributed by atoms with Gasteiger partial charge in [0.2, 0.25) is 0 Å². The first kappa shape index (κ1) is 8.52. The lowest BCUT2D eigenvalue weighted by Gasteiger charge is -1.94. The molecule has 1 N–H and O–H groups in total. The fourth-order valence-corrected chi connectivity index (χ4v) is 0.814. The lowest BCUT2D eigenvalue weighted by molar-refractivity contribution is -0.979. The molecule has 1 rings (SSSR count). The van der Waals surface area contributed by atoms with Gasteiger partial charge in [-0.2, -0.15) is 4.84 Å². The van der Waals surface area contributed by atoms with Crippen LogP contribution < -0.4 is 0 Å². The average Bonchev–Trinajstić information content (AvgIpc) is 2.03. The van der Waals surface area contributed by atoms with Gasteiger partial charge in [-0.1, -0.05) is 29.8 Å². The number of benzene rings is 1. The van der Waals surface area contributed by atoms with Crippen LogP contribution in [0.3, 0.4) is 0 Å². The minimum Gasteiger partial charge on any atom is -0.200 e. The Hall–Kier alpha value is -1.58. The maximum atomic E-state index is 9.93. The van der Waals surface area contributed by atoms with Gasteiger partial charge in [0.15, 0.2) is 6.61 Å². The van der Waals surface area contributed by atoms with Crippen LogP contribution in [0, 0.1) is 11.8 Å². The highest BCUT2D eigenvalue weighted by atomic mass is 16.9. The molecule has 0 aromatic heterocycles. The molecule has 0 aliphatic heterocycles. The van der Waals surface area contributed by atoms with Gasteiger partial charge in [-0.25, -0.2) is 5.21 Å². The van der Waals surface area contributed by atoms with E-state index in [9.17, 15) is 4.91 Å². The third-order valence-corrected chi connectivity index (χ3v) is 1.46. The quantitative estimate of drug-likeness (QED) is 0.697. The normalized spacial score (nSPS) is 9.42. The van der Waals surface area contributed by atoms with E-state index in [-0.39, 0.29) is 6.61 Å². The molecule has 1 aromatic carbocycles. The van der Waals surface area contributed by atoms with Gasteiger partial charge in [0, 0.05) is 0 Å². The van der Waals surface area contributed by atoms with Crippen LogP contribution in [0.1, 0.15) is 11.1 Å². The summed E-state index contributed by atoms with van der Waals surface area (Å²) in [4.78, 5) is 14.2. The summed E-state index contributed by atoms with van der Waals surface area (Å²) in [6.45, 7) is 2.05. The lowest BCUT2D eigenvalue weighted by atomic mass is 10.2. The van der Waals surface area contributed by atoms with Crippen LogP contribution in [0.5, 0.6) is 0 Å². The van der Waals surface area contributed by atoms with E-state index in [2.05, 4.69) is 4.84 Å². The molecule has 0 aliphatic carbocycles. The molecule has 1 aromatic rings. The molecule has 12 heavy (non-hydrogen) atoms. The first-order chi connectivity index (χ1) is 5.68. The number of hydrogen-bond acceptors (Lipinski definition) is 2. The second kappa shape index (κ2) is 3.71. The van der Waals surface area contributed by atoms with Crippen molar-refractivity contribution in [1.82, 2.24) is 0 Å². The van der Waals surface area contributed by atoms with Crippen molar-refractivity contribution in [2.45, 2.75) is 13.5 Å². The van der Waals surface area contributed by atoms with Crippen LogP contribution in [-0.2, 0) is 11.4 Å². The Labute approximate surface area is 69.9 Å². The smallest absolute Gasteiger partial charge is 0.200 e. The van der Waals surface area contributed by atoms with Crippen LogP contribution in [0.4, 0.5) is 0 Å². The molecule has 4 nitrogen and oxygen atoms in total. The molecule has 0 saturated carbocycles. The maximum Gasteiger partial charge on any atom is 0.475 e. The molecule has 0 bridgehead atoms. The Bertz CT molecular complexity index is 268. The molecule has 0 unspecified atom stereocenters. The molecule has 0 atom stereocenters. The Balaban J connectivity index is 2.53. The summed E-state index contributed by atoms with van der Waals surface area (Å²) >= 11 is 0. The number of hydrogen-bond donors (Lipinski definition) is 1. The van der Waals surface area contributed by atoms with Crippen molar-refractivity contribution < 1.29 is 15.1 Å². The van der Waals surface area contributed by atoms with Gasteiger partial charge < -0.3 is 0 Å². The maximum absolute atomic E-state index is 9.93. The molecular formula is C8H10NO3+. The minimum absolute atomic E-state index is 0.0836. The van der Waals surface area contributed by atoms with Crippen molar-refractivity contribution in [3.63, 3.8) is 0 Å². The van der Waals surface area contributed by atoms with E-state index >= 15 is 0 Å². The number of rotatable bonds is 3. The summed E-state index contributed by atoms with van der Waals surface area (Å²) < 4.78 is 0. The van der Waals surface area contributed by atoms with Crippen molar-refractivity contribution in [3.05, 3.63) is 40.3 Å². The van der Waals surface area contributed by atoms with Gasteiger partial charge in [0.1, 0.15) is 4.91 Å². The Morgan fingerprint density at radius 2 is 2.00 bits per heavy atom. The molecule has 64 valence electrons. The van der Waals surface area contributed by atoms with Crippen molar-refractivity contribution >= 4 is 0 Å². The first-order valence-corrected chi connectivity index (χ1v) is 3.53. The summed E-state index contributed by atoms with van der Waals surface area (Å²) in [6.07, 6.45) is 0. The lowest BCUT2D eigenvalue weighted by Crippen LogP contribution is -2.02. The molecule has 0 saturated heterocycles. The highest BCUT2D eigenvalue weighted by Crippen LogP contribution is 2.03. The van der Waals surface area contributed by atoms with Gasteiger partial charge >= 0.3 is 5.09 Å². The Morgan fingerprint density at radius 3 is 2.50 bits per heavy atom. The fraction of sp³-hybridized carbons (Fsp3) is 0.250. The highest BCUT2D eigenvalue weighted by molar-refractivity contribution is 5.20. The van der Waals surface area contributed by atoms with Crippen molar-refractivity contribution in [2.75, 3.05) is 0 Å². The molecule has 0 amide bonds. The summed E-state index contributed by atoms with van der Waals surface area (Å²) in [5.74, 6) is 0. The minimum atomic E-state index is -0.542. The number of aryl methyl sites for hydroxylation is 1. The zero-order valence-corrected chi connectivity index (χ0v) is 6.73. The van der Waals surface area contributed by atoms with Gasteiger partial charge in [0.05, 0.1) is 0 Å². The molecule has 0 radical (unpaired) electrons. The molecule has 4 heteroatoms. The van der Waals surface area contributed by atoms with E-state index < -0.39 is 5.09 Å². The predicted octanol–water partition coefficient (Wildman–Crippen LogP) is 1.59. The zero-order valence-electron chi connectivity index (χ0n) is 6.73. The van der Waals surface area contributed by atoms with Crippen molar-refractivity contribution in [3.8, 4) is 0 Å². The summed E-state index contributed by atoms with van der Waals surface area (Å²) in [5, 5.41) is 7.58. The molecule has 0 heterocycles. The summed E-state index contributed by atoms with van der Waals surface area (Å²) in [7, 11) is 0. The predicted molar refractivity (Wildman–Crippen MR) is 41.4 cm³/mol. The topological polar surface area (TPSA) is 49.5 Å². The van der Waals surface area contributed by atoms with E-state index in [0.29, 0.717) is 0 Å². The second-order valence-corrected chi connectivity index (χ2v) is 2.50. The molecular weight excluding hydrogens is 158 g/mol. The van der Waals surface area contributed by atoms with Gasteiger partial charge in [-0.05, 0) is 12.5 Å². The number of nitrogens with zero attached hydrogens (tertiary/aromatic N) is 1. The van der Waals surface area contributed by atoms with E-state index in [1.54, 1.807) is 0 Å². The van der Waals surface area contributed by atoms with E-state index in [0.717, 1.165) is 11.1 Å². The Kier molecular flexibility index (Phi) is 2.63. The molecule has 0 aliphatic rings. The van der Waals surface area contributed by atoms with Crippen LogP contribution in [-0.4, -0.2) is 10.3 Å². The van der Waals surface area contributed by atoms with E-state index in [4.69, 9.17) is 5.21 Å². The van der Waals surface area contributed by atoms with Crippen LogP contribution >= 0.6 is 0 Å². The van der Waals surface area contributed by atoms with Crippen molar-refractivity contribution in [2.24, 2.45) is 0 Å². The standard InChI is InChI=1S/C8H10NO3/c1-7-2-4-8(5-3-7)6-12-9(10)11/h2-5H,6H2,1H3,(H,10,11)/q+1. The van der Waals surface area contributed by atoms with E-state index in [1.807, 2.05) is 31.2 Å². The second-order valence-electron chi connectivity index (χ2n) is 2.50. The first-order valence-electron chi connectivity index (χ1n) is 3.53. The third kappa shape index (κ3) is 2.57. The zero-order chi connectivity index (χ0) is 8.97. The van der Waals surface area contributed by atoms with E-state index in [1.165, 1.54) is 0 Å². The Morgan fingerprint density at radius 1 is 1.42 bits per heavy atom. The summed E-state index contributed by atoms with van der Waals surface area (Å²) in [6, 6.07) is 7.48. The monoisotopic (exact) mass is 168 g/mol. The van der Waals surface area contributed by atoms with Crippen LogP contribution in [0.2, 0.25) is 0 Å². The SMILES string of the molecule is Cc1ccc(CO[N+](=O)O)cc1.